The molecule has 3 aliphatic heterocycles. The van der Waals surface area contributed by atoms with Crippen molar-refractivity contribution in [1.29, 1.82) is 0 Å². The van der Waals surface area contributed by atoms with Crippen molar-refractivity contribution in [3.8, 4) is 5.75 Å². The fourth-order valence-electron chi connectivity index (χ4n) is 5.74. The highest BCUT2D eigenvalue weighted by atomic mass is 16.5. The van der Waals surface area contributed by atoms with Crippen LogP contribution in [0.4, 0.5) is 5.69 Å². The minimum absolute atomic E-state index is 0.293. The first kappa shape index (κ1) is 22.2. The predicted octanol–water partition coefficient (Wildman–Crippen LogP) is 5.28. The van der Waals surface area contributed by atoms with E-state index in [0.29, 0.717) is 25.2 Å². The fraction of sp³-hybridized carbons (Fsp3) is 0.333. The van der Waals surface area contributed by atoms with Gasteiger partial charge >= 0.3 is 0 Å². The Kier molecular flexibility index (Phi) is 5.96. The molecule has 0 unspecified atom stereocenters. The van der Waals surface area contributed by atoms with Gasteiger partial charge in [-0.1, -0.05) is 48.6 Å². The number of ether oxygens (including phenoxy) is 1. The highest BCUT2D eigenvalue weighted by Gasteiger charge is 2.35. The van der Waals surface area contributed by atoms with Crippen LogP contribution in [-0.4, -0.2) is 59.4 Å². The van der Waals surface area contributed by atoms with Gasteiger partial charge in [0.15, 0.2) is 0 Å². The Bertz CT molecular complexity index is 1360. The number of anilines is 1. The molecule has 0 saturated carbocycles. The van der Waals surface area contributed by atoms with Crippen LogP contribution in [-0.2, 0) is 0 Å². The lowest BCUT2D eigenvalue weighted by molar-refractivity contribution is 0.0409. The van der Waals surface area contributed by atoms with E-state index in [1.807, 2.05) is 19.1 Å². The number of piperazine rings is 1. The summed E-state index contributed by atoms with van der Waals surface area (Å²) in [5, 5.41) is 14.6. The zero-order chi connectivity index (χ0) is 23.8. The first-order chi connectivity index (χ1) is 17.1. The van der Waals surface area contributed by atoms with Gasteiger partial charge in [-0.2, -0.15) is 0 Å². The molecular weight excluding hydrogens is 434 g/mol. The van der Waals surface area contributed by atoms with E-state index in [1.165, 1.54) is 16.5 Å². The summed E-state index contributed by atoms with van der Waals surface area (Å²) >= 11 is 0. The third kappa shape index (κ3) is 4.54. The summed E-state index contributed by atoms with van der Waals surface area (Å²) in [5.41, 5.74) is 3.47. The predicted molar refractivity (Wildman–Crippen MR) is 143 cm³/mol. The summed E-state index contributed by atoms with van der Waals surface area (Å²) < 4.78 is 6.08. The summed E-state index contributed by atoms with van der Waals surface area (Å²) in [5.74, 6) is 0.825. The van der Waals surface area contributed by atoms with Crippen LogP contribution in [0.25, 0.3) is 21.7 Å². The van der Waals surface area contributed by atoms with Gasteiger partial charge in [0.25, 0.3) is 0 Å². The summed E-state index contributed by atoms with van der Waals surface area (Å²) in [6.07, 6.45) is 6.15. The molecule has 4 aromatic rings. The van der Waals surface area contributed by atoms with E-state index in [2.05, 4.69) is 81.5 Å². The van der Waals surface area contributed by atoms with Crippen LogP contribution < -0.4 is 9.64 Å². The second-order valence-corrected chi connectivity index (χ2v) is 10.0. The normalized spacial score (nSPS) is 22.3. The maximum atomic E-state index is 10.9. The molecule has 0 radical (unpaired) electrons. The molecule has 3 atom stereocenters. The van der Waals surface area contributed by atoms with Gasteiger partial charge in [0.2, 0.25) is 0 Å². The molecule has 0 amide bonds. The van der Waals surface area contributed by atoms with E-state index < -0.39 is 6.10 Å². The zero-order valence-corrected chi connectivity index (χ0v) is 20.2. The van der Waals surface area contributed by atoms with Gasteiger partial charge in [0.05, 0.1) is 0 Å². The third-order valence-electron chi connectivity index (χ3n) is 7.49. The van der Waals surface area contributed by atoms with Crippen LogP contribution in [0.3, 0.4) is 0 Å². The lowest BCUT2D eigenvalue weighted by atomic mass is 9.96. The molecule has 180 valence electrons. The first-order valence-corrected chi connectivity index (χ1v) is 12.7. The van der Waals surface area contributed by atoms with Crippen LogP contribution in [0.2, 0.25) is 0 Å². The van der Waals surface area contributed by atoms with Gasteiger partial charge in [-0.3, -0.25) is 4.90 Å². The van der Waals surface area contributed by atoms with Crippen LogP contribution in [0, 0.1) is 6.92 Å². The molecule has 5 heteroatoms. The molecule has 4 heterocycles. The topological polar surface area (TPSA) is 51.7 Å². The number of aliphatic hydroxyl groups is 1. The van der Waals surface area contributed by atoms with Crippen molar-refractivity contribution in [2.45, 2.75) is 38.0 Å². The SMILES string of the molecule is Cc1cc2c(OC[C@@H](O)CN3C[C@H]4C/C=C\C[C@@H]3CN4c3ccc4ccccc4c3)cccc2[nH]1. The molecule has 1 fully saturated rings. The molecule has 1 saturated heterocycles. The Morgan fingerprint density at radius 1 is 0.943 bits per heavy atom. The molecule has 2 bridgehead atoms. The number of aromatic amines is 1. The summed E-state index contributed by atoms with van der Waals surface area (Å²) in [4.78, 5) is 8.40. The second kappa shape index (κ2) is 9.40. The van der Waals surface area contributed by atoms with Crippen LogP contribution >= 0.6 is 0 Å². The number of nitrogens with one attached hydrogen (secondary N) is 1. The van der Waals surface area contributed by atoms with Gasteiger partial charge < -0.3 is 19.7 Å². The van der Waals surface area contributed by atoms with Crippen molar-refractivity contribution in [1.82, 2.24) is 9.88 Å². The average molecular weight is 468 g/mol. The van der Waals surface area contributed by atoms with Crippen molar-refractivity contribution in [2.75, 3.05) is 31.1 Å². The monoisotopic (exact) mass is 467 g/mol. The van der Waals surface area contributed by atoms with Crippen molar-refractivity contribution in [3.63, 3.8) is 0 Å². The van der Waals surface area contributed by atoms with Gasteiger partial charge in [-0.15, -0.1) is 0 Å². The minimum atomic E-state index is -0.538. The molecule has 3 aromatic carbocycles. The van der Waals surface area contributed by atoms with Gasteiger partial charge in [-0.05, 0) is 60.9 Å². The van der Waals surface area contributed by atoms with E-state index >= 15 is 0 Å². The maximum absolute atomic E-state index is 10.9. The van der Waals surface area contributed by atoms with Crippen molar-refractivity contribution >= 4 is 27.4 Å². The first-order valence-electron chi connectivity index (χ1n) is 12.7. The van der Waals surface area contributed by atoms with E-state index in [-0.39, 0.29) is 0 Å². The number of hydrogen-bond acceptors (Lipinski definition) is 4. The Morgan fingerprint density at radius 3 is 2.66 bits per heavy atom. The molecule has 2 N–H and O–H groups in total. The molecule has 7 rings (SSSR count). The third-order valence-corrected chi connectivity index (χ3v) is 7.49. The molecular formula is C30H33N3O2. The van der Waals surface area contributed by atoms with Gasteiger partial charge in [-0.25, -0.2) is 0 Å². The lowest BCUT2D eigenvalue weighted by Gasteiger charge is -2.48. The van der Waals surface area contributed by atoms with E-state index in [1.54, 1.807) is 0 Å². The van der Waals surface area contributed by atoms with Crippen LogP contribution in [0.5, 0.6) is 5.75 Å². The molecule has 0 aliphatic carbocycles. The van der Waals surface area contributed by atoms with Crippen LogP contribution in [0.15, 0.2) is 78.9 Å². The van der Waals surface area contributed by atoms with E-state index in [4.69, 9.17) is 4.74 Å². The van der Waals surface area contributed by atoms with Crippen molar-refractivity contribution in [3.05, 3.63) is 84.6 Å². The van der Waals surface area contributed by atoms with Gasteiger partial charge in [0, 0.05) is 54.0 Å². The lowest BCUT2D eigenvalue weighted by Crippen LogP contribution is -2.60. The second-order valence-electron chi connectivity index (χ2n) is 10.0. The molecule has 5 nitrogen and oxygen atoms in total. The summed E-state index contributed by atoms with van der Waals surface area (Å²) in [7, 11) is 0. The number of H-pyrrole nitrogens is 1. The van der Waals surface area contributed by atoms with Crippen LogP contribution in [0.1, 0.15) is 18.5 Å². The summed E-state index contributed by atoms with van der Waals surface area (Å²) in [6, 6.07) is 24.3. The number of hydrogen-bond donors (Lipinski definition) is 2. The molecule has 0 spiro atoms. The van der Waals surface area contributed by atoms with Crippen molar-refractivity contribution < 1.29 is 9.84 Å². The maximum Gasteiger partial charge on any atom is 0.128 e. The highest BCUT2D eigenvalue weighted by Crippen LogP contribution is 2.31. The van der Waals surface area contributed by atoms with Crippen molar-refractivity contribution in [2.24, 2.45) is 0 Å². The number of nitrogens with zero attached hydrogens (tertiary/aromatic N) is 2. The van der Waals surface area contributed by atoms with Gasteiger partial charge in [0.1, 0.15) is 18.5 Å². The molecule has 1 aromatic heterocycles. The number of aryl methyl sites for hydroxylation is 1. The summed E-state index contributed by atoms with van der Waals surface area (Å²) in [6.45, 7) is 4.89. The number of aromatic nitrogens is 1. The molecule has 35 heavy (non-hydrogen) atoms. The Morgan fingerprint density at radius 2 is 1.77 bits per heavy atom. The largest absolute Gasteiger partial charge is 0.490 e. The number of fused-ring (bicyclic) bond motifs is 6. The highest BCUT2D eigenvalue weighted by molar-refractivity contribution is 5.87. The smallest absolute Gasteiger partial charge is 0.128 e. The van der Waals surface area contributed by atoms with E-state index in [9.17, 15) is 5.11 Å². The molecule has 3 aliphatic rings. The zero-order valence-electron chi connectivity index (χ0n) is 20.2. The number of aliphatic hydroxyl groups excluding tert-OH is 1. The quantitative estimate of drug-likeness (QED) is 0.379. The minimum Gasteiger partial charge on any atom is -0.490 e. The standard InChI is InChI=1S/C30H33N3O2/c1-21-15-28-29(31-21)11-6-12-30(28)35-20-27(34)19-32-17-26-10-5-4-9-25(32)18-33(26)24-14-13-22-7-2-3-8-23(22)16-24/h2-8,11-16,25-27,31,34H,9-10,17-20H2,1H3/b5-4-/t25-,26-,27+/m1/s1. The number of benzene rings is 3. The number of rotatable bonds is 6. The Hall–Kier alpha value is -3.28. The van der Waals surface area contributed by atoms with E-state index in [0.717, 1.165) is 48.3 Å². The Labute approximate surface area is 206 Å². The fourth-order valence-corrected chi connectivity index (χ4v) is 5.74. The average Bonchev–Trinajstić information content (AvgIpc) is 3.24. The Balaban J connectivity index is 1.14.